The van der Waals surface area contributed by atoms with E-state index in [1.54, 1.807) is 6.07 Å². The number of H-pyrrole nitrogens is 1. The SMILES string of the molecule is O=C(NCCOc1nonc1/C(=N/O)N[C@H]1Cc2ccc(F)cc21)c1nc[nH]n1. The Balaban J connectivity index is 1.33. The van der Waals surface area contributed by atoms with Crippen LogP contribution in [0.3, 0.4) is 0 Å². The monoisotopic (exact) mass is 402 g/mol. The van der Waals surface area contributed by atoms with Crippen LogP contribution < -0.4 is 15.4 Å². The number of fused-ring (bicyclic) bond motifs is 1. The van der Waals surface area contributed by atoms with E-state index in [0.717, 1.165) is 11.1 Å². The van der Waals surface area contributed by atoms with Gasteiger partial charge in [-0.25, -0.2) is 14.0 Å². The number of hydrogen-bond acceptors (Lipinski definition) is 9. The Morgan fingerprint density at radius 2 is 2.34 bits per heavy atom. The van der Waals surface area contributed by atoms with Crippen LogP contribution in [-0.2, 0) is 6.42 Å². The van der Waals surface area contributed by atoms with E-state index >= 15 is 0 Å². The second-order valence-corrected chi connectivity index (χ2v) is 6.04. The highest BCUT2D eigenvalue weighted by molar-refractivity contribution is 5.98. The molecule has 0 radical (unpaired) electrons. The third-order valence-electron chi connectivity index (χ3n) is 4.25. The summed E-state index contributed by atoms with van der Waals surface area (Å²) in [4.78, 5) is 15.5. The van der Waals surface area contributed by atoms with Crippen molar-refractivity contribution in [1.82, 2.24) is 36.1 Å². The van der Waals surface area contributed by atoms with E-state index in [0.29, 0.717) is 6.42 Å². The van der Waals surface area contributed by atoms with Gasteiger partial charge in [0.2, 0.25) is 17.4 Å². The van der Waals surface area contributed by atoms with Crippen molar-refractivity contribution in [2.24, 2.45) is 5.16 Å². The predicted octanol–water partition coefficient (Wildman–Crippen LogP) is 0.158. The zero-order valence-electron chi connectivity index (χ0n) is 14.8. The number of aromatic amines is 1. The molecule has 29 heavy (non-hydrogen) atoms. The molecule has 0 bridgehead atoms. The fourth-order valence-corrected chi connectivity index (χ4v) is 2.84. The molecule has 13 heteroatoms. The molecule has 150 valence electrons. The molecule has 1 aliphatic carbocycles. The van der Waals surface area contributed by atoms with Gasteiger partial charge in [0.1, 0.15) is 18.8 Å². The number of halogens is 1. The number of ether oxygens (including phenoxy) is 1. The van der Waals surface area contributed by atoms with Gasteiger partial charge in [-0.2, -0.15) is 0 Å². The van der Waals surface area contributed by atoms with Crippen LogP contribution in [0.4, 0.5) is 4.39 Å². The number of benzene rings is 1. The Morgan fingerprint density at radius 1 is 1.45 bits per heavy atom. The van der Waals surface area contributed by atoms with E-state index in [1.807, 2.05) is 0 Å². The van der Waals surface area contributed by atoms with E-state index in [2.05, 4.69) is 45.9 Å². The quantitative estimate of drug-likeness (QED) is 0.142. The van der Waals surface area contributed by atoms with Crippen molar-refractivity contribution < 1.29 is 23.8 Å². The molecule has 1 aromatic carbocycles. The highest BCUT2D eigenvalue weighted by Crippen LogP contribution is 2.33. The minimum absolute atomic E-state index is 0.00454. The first-order valence-corrected chi connectivity index (χ1v) is 8.52. The van der Waals surface area contributed by atoms with E-state index in [-0.39, 0.29) is 48.2 Å². The lowest BCUT2D eigenvalue weighted by Gasteiger charge is -2.31. The lowest BCUT2D eigenvalue weighted by molar-refractivity contribution is 0.0936. The van der Waals surface area contributed by atoms with Gasteiger partial charge in [-0.3, -0.25) is 9.89 Å². The number of amides is 1. The van der Waals surface area contributed by atoms with E-state index in [1.165, 1.54) is 18.5 Å². The topological polar surface area (TPSA) is 163 Å². The van der Waals surface area contributed by atoms with Gasteiger partial charge in [0.15, 0.2) is 0 Å². The fraction of sp³-hybridized carbons (Fsp3) is 0.250. The summed E-state index contributed by atoms with van der Waals surface area (Å²) < 4.78 is 23.5. The second kappa shape index (κ2) is 7.92. The minimum Gasteiger partial charge on any atom is -0.472 e. The lowest BCUT2D eigenvalue weighted by Crippen LogP contribution is -2.37. The van der Waals surface area contributed by atoms with Crippen LogP contribution in [0.2, 0.25) is 0 Å². The highest BCUT2D eigenvalue weighted by Gasteiger charge is 2.30. The molecule has 0 spiro atoms. The van der Waals surface area contributed by atoms with Gasteiger partial charge >= 0.3 is 0 Å². The summed E-state index contributed by atoms with van der Waals surface area (Å²) in [5.41, 5.74) is 1.80. The summed E-state index contributed by atoms with van der Waals surface area (Å²) in [6.45, 7) is 0.168. The van der Waals surface area contributed by atoms with Gasteiger partial charge < -0.3 is 20.6 Å². The molecule has 0 saturated heterocycles. The van der Waals surface area contributed by atoms with Gasteiger partial charge in [0.05, 0.1) is 12.6 Å². The molecule has 2 aromatic heterocycles. The Morgan fingerprint density at radius 3 is 3.14 bits per heavy atom. The number of rotatable bonds is 7. The molecular weight excluding hydrogens is 387 g/mol. The predicted molar refractivity (Wildman–Crippen MR) is 92.8 cm³/mol. The van der Waals surface area contributed by atoms with Gasteiger partial charge in [-0.15, -0.1) is 5.10 Å². The summed E-state index contributed by atoms with van der Waals surface area (Å²) in [6, 6.07) is 4.26. The molecule has 0 fully saturated rings. The number of amidine groups is 1. The smallest absolute Gasteiger partial charge is 0.291 e. The van der Waals surface area contributed by atoms with Crippen molar-refractivity contribution in [2.75, 3.05) is 13.2 Å². The summed E-state index contributed by atoms with van der Waals surface area (Å²) >= 11 is 0. The maximum atomic E-state index is 13.4. The number of aromatic nitrogens is 5. The van der Waals surface area contributed by atoms with Crippen LogP contribution >= 0.6 is 0 Å². The number of carbonyl (C=O) groups is 1. The van der Waals surface area contributed by atoms with Gasteiger partial charge in [-0.1, -0.05) is 11.2 Å². The molecule has 0 unspecified atom stereocenters. The molecule has 0 aliphatic heterocycles. The normalized spacial score (nSPS) is 15.3. The molecule has 1 atom stereocenters. The molecule has 0 saturated carbocycles. The van der Waals surface area contributed by atoms with Crippen molar-refractivity contribution in [1.29, 1.82) is 0 Å². The zero-order valence-corrected chi connectivity index (χ0v) is 14.8. The number of oxime groups is 1. The zero-order chi connectivity index (χ0) is 20.2. The van der Waals surface area contributed by atoms with Crippen LogP contribution in [0, 0.1) is 5.82 Å². The average molecular weight is 402 g/mol. The molecule has 4 rings (SSSR count). The Kier molecular flexibility index (Phi) is 5.01. The largest absolute Gasteiger partial charge is 0.472 e. The number of nitrogens with one attached hydrogen (secondary N) is 3. The van der Waals surface area contributed by atoms with E-state index in [4.69, 9.17) is 4.74 Å². The molecule has 1 aliphatic rings. The lowest BCUT2D eigenvalue weighted by atomic mass is 9.83. The first-order valence-electron chi connectivity index (χ1n) is 8.52. The summed E-state index contributed by atoms with van der Waals surface area (Å²) in [6.07, 6.45) is 1.92. The van der Waals surface area contributed by atoms with Crippen LogP contribution in [0.1, 0.15) is 33.5 Å². The third kappa shape index (κ3) is 3.83. The van der Waals surface area contributed by atoms with Gasteiger partial charge in [-0.05, 0) is 40.0 Å². The minimum atomic E-state index is -0.469. The third-order valence-corrected chi connectivity index (χ3v) is 4.25. The van der Waals surface area contributed by atoms with E-state index in [9.17, 15) is 14.4 Å². The Bertz CT molecular complexity index is 1040. The first kappa shape index (κ1) is 18.3. The average Bonchev–Trinajstić information content (AvgIpc) is 3.40. The van der Waals surface area contributed by atoms with Crippen molar-refractivity contribution >= 4 is 11.7 Å². The van der Waals surface area contributed by atoms with Gasteiger partial charge in [0, 0.05) is 0 Å². The van der Waals surface area contributed by atoms with Crippen molar-refractivity contribution in [3.8, 4) is 5.88 Å². The Labute approximate surface area is 162 Å². The standard InChI is InChI=1S/C16H15FN8O4/c17-9-2-1-8-5-11(10(8)6-9)21-13(23-27)12-16(25-29-24-12)28-4-3-18-15(26)14-19-7-20-22-14/h1-2,6-7,11,27H,3-5H2,(H,18,26)(H,21,23)(H,19,20,22)/t11-/m0/s1. The maximum absolute atomic E-state index is 13.4. The Hall–Kier alpha value is -4.03. The highest BCUT2D eigenvalue weighted by atomic mass is 19.1. The summed E-state index contributed by atoms with van der Waals surface area (Å²) in [5.74, 6) is -0.882. The van der Waals surface area contributed by atoms with Crippen LogP contribution in [-0.4, -0.2) is 55.6 Å². The molecule has 4 N–H and O–H groups in total. The molecule has 12 nitrogen and oxygen atoms in total. The van der Waals surface area contributed by atoms with Crippen LogP contribution in [0.25, 0.3) is 0 Å². The van der Waals surface area contributed by atoms with Crippen LogP contribution in [0.15, 0.2) is 34.3 Å². The van der Waals surface area contributed by atoms with Crippen molar-refractivity contribution in [3.05, 3.63) is 53.0 Å². The van der Waals surface area contributed by atoms with Gasteiger partial charge in [0.25, 0.3) is 11.8 Å². The molecule has 3 aromatic rings. The first-order chi connectivity index (χ1) is 14.2. The van der Waals surface area contributed by atoms with Crippen molar-refractivity contribution in [2.45, 2.75) is 12.5 Å². The number of carbonyl (C=O) groups excluding carboxylic acids is 1. The number of hydrogen-bond donors (Lipinski definition) is 4. The maximum Gasteiger partial charge on any atom is 0.291 e. The molecule has 1 amide bonds. The van der Waals surface area contributed by atoms with Crippen molar-refractivity contribution in [3.63, 3.8) is 0 Å². The second-order valence-electron chi connectivity index (χ2n) is 6.04. The number of nitrogens with zero attached hydrogens (tertiary/aromatic N) is 5. The molecular formula is C16H15FN8O4. The fourth-order valence-electron chi connectivity index (χ4n) is 2.84. The summed E-state index contributed by atoms with van der Waals surface area (Å²) in [5, 5.41) is 31.4. The molecule has 2 heterocycles. The van der Waals surface area contributed by atoms with Crippen LogP contribution in [0.5, 0.6) is 5.88 Å². The van der Waals surface area contributed by atoms with E-state index < -0.39 is 5.91 Å². The summed E-state index contributed by atoms with van der Waals surface area (Å²) in [7, 11) is 0.